The number of imidazole rings is 1. The molecule has 1 atom stereocenters. The van der Waals surface area contributed by atoms with Crippen molar-refractivity contribution in [2.45, 2.75) is 18.8 Å². The zero-order valence-electron chi connectivity index (χ0n) is 12.1. The van der Waals surface area contributed by atoms with Crippen LogP contribution in [0.15, 0.2) is 37.1 Å². The maximum Gasteiger partial charge on any atom is 0.180 e. The summed E-state index contributed by atoms with van der Waals surface area (Å²) in [4.78, 5) is 11.4. The summed E-state index contributed by atoms with van der Waals surface area (Å²) >= 11 is 0. The summed E-state index contributed by atoms with van der Waals surface area (Å²) < 4.78 is 4.01. The molecular formula is C15H18N6. The van der Waals surface area contributed by atoms with Crippen molar-refractivity contribution in [3.05, 3.63) is 42.7 Å². The van der Waals surface area contributed by atoms with Crippen molar-refractivity contribution in [2.75, 3.05) is 18.0 Å². The molecule has 21 heavy (non-hydrogen) atoms. The van der Waals surface area contributed by atoms with E-state index in [4.69, 9.17) is 0 Å². The maximum absolute atomic E-state index is 4.56. The molecular weight excluding hydrogens is 264 g/mol. The Balaban J connectivity index is 1.67. The first kappa shape index (κ1) is 12.4. The molecule has 0 aromatic carbocycles. The van der Waals surface area contributed by atoms with Crippen LogP contribution in [0.4, 0.5) is 5.82 Å². The molecule has 1 saturated heterocycles. The van der Waals surface area contributed by atoms with Gasteiger partial charge in [-0.25, -0.2) is 9.97 Å². The summed E-state index contributed by atoms with van der Waals surface area (Å²) in [6.07, 6.45) is 11.8. The third kappa shape index (κ3) is 2.07. The van der Waals surface area contributed by atoms with Crippen LogP contribution in [0, 0.1) is 0 Å². The van der Waals surface area contributed by atoms with E-state index >= 15 is 0 Å². The number of hydrogen-bond acceptors (Lipinski definition) is 4. The van der Waals surface area contributed by atoms with Gasteiger partial charge in [-0.3, -0.25) is 4.68 Å². The second-order valence-corrected chi connectivity index (χ2v) is 5.57. The number of piperidine rings is 1. The number of fused-ring (bicyclic) bond motifs is 1. The van der Waals surface area contributed by atoms with E-state index in [2.05, 4.69) is 26.0 Å². The van der Waals surface area contributed by atoms with Crippen LogP contribution in [-0.2, 0) is 7.05 Å². The van der Waals surface area contributed by atoms with E-state index in [-0.39, 0.29) is 0 Å². The molecule has 0 amide bonds. The van der Waals surface area contributed by atoms with Crippen molar-refractivity contribution >= 4 is 11.5 Å². The molecule has 1 fully saturated rings. The number of aromatic nitrogens is 5. The first-order valence-electron chi connectivity index (χ1n) is 7.33. The van der Waals surface area contributed by atoms with Crippen LogP contribution in [0.5, 0.6) is 0 Å². The first-order chi connectivity index (χ1) is 10.3. The van der Waals surface area contributed by atoms with Crippen LogP contribution in [-0.4, -0.2) is 37.2 Å². The van der Waals surface area contributed by atoms with E-state index in [1.165, 1.54) is 18.5 Å². The lowest BCUT2D eigenvalue weighted by atomic mass is 9.95. The Kier molecular flexibility index (Phi) is 2.87. The third-order valence-corrected chi connectivity index (χ3v) is 4.29. The normalized spacial score (nSPS) is 19.3. The van der Waals surface area contributed by atoms with E-state index in [9.17, 15) is 0 Å². The molecule has 3 aromatic heterocycles. The molecule has 0 saturated carbocycles. The fourth-order valence-corrected chi connectivity index (χ4v) is 3.26. The van der Waals surface area contributed by atoms with Gasteiger partial charge in [-0.1, -0.05) is 0 Å². The van der Waals surface area contributed by atoms with Crippen molar-refractivity contribution in [3.63, 3.8) is 0 Å². The lowest BCUT2D eigenvalue weighted by Crippen LogP contribution is -2.36. The first-order valence-corrected chi connectivity index (χ1v) is 7.33. The Morgan fingerprint density at radius 1 is 1.14 bits per heavy atom. The molecule has 1 aliphatic rings. The van der Waals surface area contributed by atoms with Gasteiger partial charge in [-0.15, -0.1) is 0 Å². The summed E-state index contributed by atoms with van der Waals surface area (Å²) in [5.74, 6) is 1.48. The van der Waals surface area contributed by atoms with E-state index < -0.39 is 0 Å². The zero-order chi connectivity index (χ0) is 14.2. The Bertz CT molecular complexity index is 758. The van der Waals surface area contributed by atoms with Crippen LogP contribution in [0.2, 0.25) is 0 Å². The van der Waals surface area contributed by atoms with Gasteiger partial charge in [0, 0.05) is 62.7 Å². The molecule has 4 rings (SSSR count). The highest BCUT2D eigenvalue weighted by Gasteiger charge is 2.25. The lowest BCUT2D eigenvalue weighted by Gasteiger charge is -2.33. The van der Waals surface area contributed by atoms with Gasteiger partial charge >= 0.3 is 0 Å². The lowest BCUT2D eigenvalue weighted by molar-refractivity contribution is 0.481. The van der Waals surface area contributed by atoms with Gasteiger partial charge in [0.25, 0.3) is 0 Å². The van der Waals surface area contributed by atoms with E-state index in [1.807, 2.05) is 47.1 Å². The Labute approximate surface area is 123 Å². The number of aryl methyl sites for hydroxylation is 1. The van der Waals surface area contributed by atoms with Gasteiger partial charge in [0.2, 0.25) is 0 Å². The molecule has 108 valence electrons. The SMILES string of the molecule is Cn1nccc1C1CCCN(c2nccn3ccnc23)C1. The minimum atomic E-state index is 0.503. The van der Waals surface area contributed by atoms with Crippen LogP contribution in [0.3, 0.4) is 0 Å². The van der Waals surface area contributed by atoms with Gasteiger partial charge in [-0.05, 0) is 18.9 Å². The predicted molar refractivity (Wildman–Crippen MR) is 80.4 cm³/mol. The summed E-state index contributed by atoms with van der Waals surface area (Å²) in [6, 6.07) is 2.12. The molecule has 6 heteroatoms. The second kappa shape index (κ2) is 4.87. The standard InChI is InChI=1S/C15H18N6/c1-19-13(4-5-18-19)12-3-2-8-21(11-12)15-14-16-6-9-20(14)10-7-17-15/h4-7,9-10,12H,2-3,8,11H2,1H3. The Hall–Kier alpha value is -2.37. The molecule has 0 spiro atoms. The van der Waals surface area contributed by atoms with E-state index in [0.29, 0.717) is 5.92 Å². The van der Waals surface area contributed by atoms with Crippen molar-refractivity contribution in [1.82, 2.24) is 24.1 Å². The van der Waals surface area contributed by atoms with Crippen molar-refractivity contribution in [2.24, 2.45) is 7.05 Å². The van der Waals surface area contributed by atoms with Crippen molar-refractivity contribution in [3.8, 4) is 0 Å². The Morgan fingerprint density at radius 3 is 2.81 bits per heavy atom. The number of anilines is 1. The Morgan fingerprint density at radius 2 is 2.00 bits per heavy atom. The van der Waals surface area contributed by atoms with Crippen molar-refractivity contribution < 1.29 is 0 Å². The quantitative estimate of drug-likeness (QED) is 0.720. The zero-order valence-corrected chi connectivity index (χ0v) is 12.1. The minimum Gasteiger partial charge on any atom is -0.353 e. The van der Waals surface area contributed by atoms with Crippen LogP contribution in [0.1, 0.15) is 24.5 Å². The minimum absolute atomic E-state index is 0.503. The fourth-order valence-electron chi connectivity index (χ4n) is 3.26. The van der Waals surface area contributed by atoms with E-state index in [0.717, 1.165) is 24.6 Å². The molecule has 0 bridgehead atoms. The topological polar surface area (TPSA) is 51.2 Å². The highest BCUT2D eigenvalue weighted by atomic mass is 15.3. The molecule has 6 nitrogen and oxygen atoms in total. The third-order valence-electron chi connectivity index (χ3n) is 4.29. The predicted octanol–water partition coefficient (Wildman–Crippen LogP) is 1.85. The van der Waals surface area contributed by atoms with Gasteiger partial charge in [0.1, 0.15) is 0 Å². The van der Waals surface area contributed by atoms with Gasteiger partial charge < -0.3 is 9.30 Å². The molecule has 1 aliphatic heterocycles. The highest BCUT2D eigenvalue weighted by Crippen LogP contribution is 2.30. The number of hydrogen-bond donors (Lipinski definition) is 0. The maximum atomic E-state index is 4.56. The molecule has 3 aromatic rings. The number of nitrogens with zero attached hydrogens (tertiary/aromatic N) is 6. The van der Waals surface area contributed by atoms with Crippen molar-refractivity contribution in [1.29, 1.82) is 0 Å². The highest BCUT2D eigenvalue weighted by molar-refractivity contribution is 5.64. The fraction of sp³-hybridized carbons (Fsp3) is 0.400. The van der Waals surface area contributed by atoms with Crippen LogP contribution < -0.4 is 4.90 Å². The van der Waals surface area contributed by atoms with E-state index in [1.54, 1.807) is 0 Å². The summed E-state index contributed by atoms with van der Waals surface area (Å²) in [7, 11) is 2.02. The average Bonchev–Trinajstić information content (AvgIpc) is 3.15. The largest absolute Gasteiger partial charge is 0.353 e. The van der Waals surface area contributed by atoms with Gasteiger partial charge in [-0.2, -0.15) is 5.10 Å². The molecule has 0 radical (unpaired) electrons. The average molecular weight is 282 g/mol. The van der Waals surface area contributed by atoms with Crippen LogP contribution in [0.25, 0.3) is 5.65 Å². The summed E-state index contributed by atoms with van der Waals surface area (Å²) in [5, 5.41) is 4.30. The number of rotatable bonds is 2. The molecule has 1 unspecified atom stereocenters. The van der Waals surface area contributed by atoms with Gasteiger partial charge in [0.15, 0.2) is 11.5 Å². The smallest absolute Gasteiger partial charge is 0.180 e. The summed E-state index contributed by atoms with van der Waals surface area (Å²) in [6.45, 7) is 2.01. The monoisotopic (exact) mass is 282 g/mol. The molecule has 0 aliphatic carbocycles. The second-order valence-electron chi connectivity index (χ2n) is 5.57. The van der Waals surface area contributed by atoms with Gasteiger partial charge in [0.05, 0.1) is 0 Å². The molecule has 0 N–H and O–H groups in total. The summed E-state index contributed by atoms with van der Waals surface area (Å²) in [5.41, 5.74) is 2.23. The van der Waals surface area contributed by atoms with Crippen LogP contribution >= 0.6 is 0 Å². The molecule has 4 heterocycles.